The van der Waals surface area contributed by atoms with E-state index in [1.807, 2.05) is 0 Å². The smallest absolute Gasteiger partial charge is 0.224 e. The summed E-state index contributed by atoms with van der Waals surface area (Å²) in [6, 6.07) is 0. The molecule has 2 unspecified atom stereocenters. The highest BCUT2D eigenvalue weighted by Gasteiger charge is 2.22. The van der Waals surface area contributed by atoms with E-state index in [0.29, 0.717) is 5.92 Å². The van der Waals surface area contributed by atoms with Crippen molar-refractivity contribution in [1.82, 2.24) is 10.2 Å². The number of nitrogens with one attached hydrogen (secondary N) is 1. The number of carbonyl (C=O) groups excluding carboxylic acids is 1. The van der Waals surface area contributed by atoms with E-state index in [1.54, 1.807) is 0 Å². The van der Waals surface area contributed by atoms with E-state index in [9.17, 15) is 4.79 Å². The second-order valence-electron chi connectivity index (χ2n) is 4.92. The second kappa shape index (κ2) is 6.89. The first-order chi connectivity index (χ1) is 7.69. The van der Waals surface area contributed by atoms with Gasteiger partial charge in [-0.15, -0.1) is 0 Å². The molecule has 1 heterocycles. The summed E-state index contributed by atoms with van der Waals surface area (Å²) in [5.41, 5.74) is 0. The van der Waals surface area contributed by atoms with Gasteiger partial charge in [0, 0.05) is 5.92 Å². The van der Waals surface area contributed by atoms with E-state index < -0.39 is 0 Å². The molecule has 1 rings (SSSR count). The standard InChI is InChI=1S/C13H26N2O/c1-4-11(3)12(5-2)13(16)14-10-15-8-6-7-9-15/h11-12H,4-10H2,1-3H3,(H,14,16). The number of amides is 1. The molecule has 1 saturated heterocycles. The van der Waals surface area contributed by atoms with Gasteiger partial charge < -0.3 is 5.32 Å². The number of nitrogens with zero attached hydrogens (tertiary/aromatic N) is 1. The molecular formula is C13H26N2O. The number of hydrogen-bond acceptors (Lipinski definition) is 2. The Morgan fingerprint density at radius 1 is 1.25 bits per heavy atom. The molecule has 3 nitrogen and oxygen atoms in total. The average molecular weight is 226 g/mol. The molecule has 1 N–H and O–H groups in total. The van der Waals surface area contributed by atoms with Crippen LogP contribution in [0.1, 0.15) is 46.5 Å². The highest BCUT2D eigenvalue weighted by Crippen LogP contribution is 2.18. The molecule has 1 aliphatic rings. The summed E-state index contributed by atoms with van der Waals surface area (Å²) in [5, 5.41) is 3.08. The lowest BCUT2D eigenvalue weighted by molar-refractivity contribution is -0.127. The molecule has 1 aliphatic heterocycles. The van der Waals surface area contributed by atoms with Gasteiger partial charge in [-0.05, 0) is 38.3 Å². The van der Waals surface area contributed by atoms with Gasteiger partial charge in [0.25, 0.3) is 0 Å². The summed E-state index contributed by atoms with van der Waals surface area (Å²) in [6.45, 7) is 9.45. The zero-order valence-corrected chi connectivity index (χ0v) is 11.0. The van der Waals surface area contributed by atoms with Gasteiger partial charge in [0.2, 0.25) is 5.91 Å². The minimum Gasteiger partial charge on any atom is -0.343 e. The summed E-state index contributed by atoms with van der Waals surface area (Å²) >= 11 is 0. The maximum absolute atomic E-state index is 12.0. The average Bonchev–Trinajstić information content (AvgIpc) is 2.79. The van der Waals surface area contributed by atoms with E-state index >= 15 is 0 Å². The molecule has 0 spiro atoms. The van der Waals surface area contributed by atoms with Gasteiger partial charge in [-0.2, -0.15) is 0 Å². The Kier molecular flexibility index (Phi) is 5.81. The third kappa shape index (κ3) is 3.78. The maximum Gasteiger partial charge on any atom is 0.224 e. The number of hydrogen-bond donors (Lipinski definition) is 1. The second-order valence-corrected chi connectivity index (χ2v) is 4.92. The van der Waals surface area contributed by atoms with Crippen LogP contribution < -0.4 is 5.32 Å². The predicted octanol–water partition coefficient (Wildman–Crippen LogP) is 2.23. The maximum atomic E-state index is 12.0. The highest BCUT2D eigenvalue weighted by atomic mass is 16.2. The van der Waals surface area contributed by atoms with Gasteiger partial charge in [0.05, 0.1) is 6.67 Å². The molecule has 3 heteroatoms. The lowest BCUT2D eigenvalue weighted by Crippen LogP contribution is -2.40. The Bertz CT molecular complexity index is 212. The van der Waals surface area contributed by atoms with Gasteiger partial charge >= 0.3 is 0 Å². The molecule has 0 aliphatic carbocycles. The fraction of sp³-hybridized carbons (Fsp3) is 0.923. The third-order valence-corrected chi connectivity index (χ3v) is 3.78. The van der Waals surface area contributed by atoms with E-state index in [-0.39, 0.29) is 11.8 Å². The van der Waals surface area contributed by atoms with Crippen LogP contribution in [-0.4, -0.2) is 30.6 Å². The molecule has 0 bridgehead atoms. The van der Waals surface area contributed by atoms with Crippen molar-refractivity contribution in [1.29, 1.82) is 0 Å². The van der Waals surface area contributed by atoms with Gasteiger partial charge in [-0.1, -0.05) is 27.2 Å². The van der Waals surface area contributed by atoms with Gasteiger partial charge in [0.1, 0.15) is 0 Å². The van der Waals surface area contributed by atoms with Crippen molar-refractivity contribution in [2.45, 2.75) is 46.5 Å². The third-order valence-electron chi connectivity index (χ3n) is 3.78. The predicted molar refractivity (Wildman–Crippen MR) is 67.1 cm³/mol. The molecule has 16 heavy (non-hydrogen) atoms. The summed E-state index contributed by atoms with van der Waals surface area (Å²) in [7, 11) is 0. The Labute approximate surface area is 99.6 Å². The zero-order chi connectivity index (χ0) is 12.0. The van der Waals surface area contributed by atoms with Crippen molar-refractivity contribution in [3.63, 3.8) is 0 Å². The SMILES string of the molecule is CCC(C)C(CC)C(=O)NCN1CCCC1. The van der Waals surface area contributed by atoms with Crippen LogP contribution >= 0.6 is 0 Å². The van der Waals surface area contributed by atoms with Crippen LogP contribution in [0.3, 0.4) is 0 Å². The monoisotopic (exact) mass is 226 g/mol. The molecular weight excluding hydrogens is 200 g/mol. The Hall–Kier alpha value is -0.570. The molecule has 0 aromatic heterocycles. The number of rotatable bonds is 6. The number of carbonyl (C=O) groups is 1. The molecule has 1 fully saturated rings. The molecule has 0 radical (unpaired) electrons. The van der Waals surface area contributed by atoms with Crippen LogP contribution in [0.5, 0.6) is 0 Å². The Morgan fingerprint density at radius 3 is 2.38 bits per heavy atom. The fourth-order valence-electron chi connectivity index (χ4n) is 2.39. The van der Waals surface area contributed by atoms with Crippen LogP contribution in [0.2, 0.25) is 0 Å². The van der Waals surface area contributed by atoms with Crippen molar-refractivity contribution in [3.05, 3.63) is 0 Å². The summed E-state index contributed by atoms with van der Waals surface area (Å²) < 4.78 is 0. The Balaban J connectivity index is 2.31. The lowest BCUT2D eigenvalue weighted by Gasteiger charge is -2.23. The fourth-order valence-corrected chi connectivity index (χ4v) is 2.39. The number of likely N-dealkylation sites (tertiary alicyclic amines) is 1. The van der Waals surface area contributed by atoms with Crippen LogP contribution in [0.25, 0.3) is 0 Å². The largest absolute Gasteiger partial charge is 0.343 e. The topological polar surface area (TPSA) is 32.3 Å². The Morgan fingerprint density at radius 2 is 1.88 bits per heavy atom. The normalized spacial score (nSPS) is 20.7. The van der Waals surface area contributed by atoms with E-state index in [2.05, 4.69) is 31.0 Å². The van der Waals surface area contributed by atoms with Gasteiger partial charge in [0.15, 0.2) is 0 Å². The van der Waals surface area contributed by atoms with Crippen LogP contribution in [0, 0.1) is 11.8 Å². The van der Waals surface area contributed by atoms with E-state index in [0.717, 1.165) is 32.6 Å². The quantitative estimate of drug-likeness (QED) is 0.753. The van der Waals surface area contributed by atoms with Gasteiger partial charge in [-0.25, -0.2) is 0 Å². The summed E-state index contributed by atoms with van der Waals surface area (Å²) in [4.78, 5) is 14.3. The highest BCUT2D eigenvalue weighted by molar-refractivity contribution is 5.78. The van der Waals surface area contributed by atoms with Gasteiger partial charge in [-0.3, -0.25) is 9.69 Å². The molecule has 0 saturated carbocycles. The molecule has 2 atom stereocenters. The van der Waals surface area contributed by atoms with Crippen molar-refractivity contribution < 1.29 is 4.79 Å². The van der Waals surface area contributed by atoms with Crippen molar-refractivity contribution in [3.8, 4) is 0 Å². The van der Waals surface area contributed by atoms with E-state index in [1.165, 1.54) is 12.8 Å². The summed E-state index contributed by atoms with van der Waals surface area (Å²) in [6.07, 6.45) is 4.58. The lowest BCUT2D eigenvalue weighted by atomic mass is 9.89. The molecule has 94 valence electrons. The molecule has 1 amide bonds. The summed E-state index contributed by atoms with van der Waals surface area (Å²) in [5.74, 6) is 0.917. The minimum atomic E-state index is 0.188. The van der Waals surface area contributed by atoms with Crippen molar-refractivity contribution in [2.24, 2.45) is 11.8 Å². The van der Waals surface area contributed by atoms with Crippen LogP contribution in [-0.2, 0) is 4.79 Å². The molecule has 0 aromatic rings. The first-order valence-corrected chi connectivity index (χ1v) is 6.69. The van der Waals surface area contributed by atoms with Crippen molar-refractivity contribution in [2.75, 3.05) is 19.8 Å². The first kappa shape index (κ1) is 13.5. The van der Waals surface area contributed by atoms with E-state index in [4.69, 9.17) is 0 Å². The zero-order valence-electron chi connectivity index (χ0n) is 11.0. The van der Waals surface area contributed by atoms with Crippen molar-refractivity contribution >= 4 is 5.91 Å². The first-order valence-electron chi connectivity index (χ1n) is 6.69. The van der Waals surface area contributed by atoms with Crippen LogP contribution in [0.4, 0.5) is 0 Å². The molecule has 0 aromatic carbocycles. The van der Waals surface area contributed by atoms with Crippen LogP contribution in [0.15, 0.2) is 0 Å². The minimum absolute atomic E-state index is 0.188.